The van der Waals surface area contributed by atoms with Crippen LogP contribution in [0.3, 0.4) is 0 Å². The Balaban J connectivity index is 0.000000588. The van der Waals surface area contributed by atoms with Crippen molar-refractivity contribution in [2.75, 3.05) is 37.8 Å². The number of nitro benzene ring substituents is 1. The first-order chi connectivity index (χ1) is 16.1. The maximum atomic E-state index is 11.6. The number of rotatable bonds is 8. The van der Waals surface area contributed by atoms with Crippen LogP contribution >= 0.6 is 0 Å². The normalized spacial score (nSPS) is 12.1. The van der Waals surface area contributed by atoms with E-state index in [1.165, 1.54) is 0 Å². The summed E-state index contributed by atoms with van der Waals surface area (Å²) in [5.41, 5.74) is 3.91. The second-order valence-electron chi connectivity index (χ2n) is 7.71. The van der Waals surface area contributed by atoms with Crippen molar-refractivity contribution in [3.05, 3.63) is 40.4 Å². The van der Waals surface area contributed by atoms with E-state index in [4.69, 9.17) is 14.4 Å². The van der Waals surface area contributed by atoms with Crippen LogP contribution in [0.25, 0.3) is 22.2 Å². The monoisotopic (exact) mass is 491 g/mol. The van der Waals surface area contributed by atoms with Gasteiger partial charge in [-0.05, 0) is 44.3 Å². The molecular formula is C22H29N5O6S. The summed E-state index contributed by atoms with van der Waals surface area (Å²) in [5.74, 6) is 0.757. The Morgan fingerprint density at radius 2 is 1.88 bits per heavy atom. The van der Waals surface area contributed by atoms with Crippen LogP contribution in [0.5, 0.6) is 5.75 Å². The lowest BCUT2D eigenvalue weighted by molar-refractivity contribution is -0.383. The van der Waals surface area contributed by atoms with Crippen LogP contribution in [0.2, 0.25) is 0 Å². The van der Waals surface area contributed by atoms with Crippen molar-refractivity contribution >= 4 is 38.1 Å². The van der Waals surface area contributed by atoms with Crippen molar-refractivity contribution in [2.24, 2.45) is 0 Å². The minimum absolute atomic E-state index is 0.0570. The van der Waals surface area contributed by atoms with Crippen molar-refractivity contribution in [3.63, 3.8) is 0 Å². The van der Waals surface area contributed by atoms with Crippen molar-refractivity contribution < 1.29 is 22.6 Å². The van der Waals surface area contributed by atoms with Gasteiger partial charge in [0.25, 0.3) is 15.8 Å². The van der Waals surface area contributed by atoms with E-state index in [0.29, 0.717) is 18.6 Å². The summed E-state index contributed by atoms with van der Waals surface area (Å²) in [5, 5.41) is 20.6. The van der Waals surface area contributed by atoms with Crippen LogP contribution in [0.1, 0.15) is 20.8 Å². The highest BCUT2D eigenvalue weighted by Gasteiger charge is 2.29. The number of hydrogen-bond acceptors (Lipinski definition) is 8. The number of nitrogens with zero attached hydrogens (tertiary/aromatic N) is 4. The van der Waals surface area contributed by atoms with E-state index < -0.39 is 10.1 Å². The van der Waals surface area contributed by atoms with Crippen LogP contribution < -0.4 is 10.1 Å². The van der Waals surface area contributed by atoms with E-state index in [-0.39, 0.29) is 10.6 Å². The minimum Gasteiger partial charge on any atom is -0.494 e. The third kappa shape index (κ3) is 5.64. The molecule has 4 rings (SSSR count). The smallest absolute Gasteiger partial charge is 0.293 e. The van der Waals surface area contributed by atoms with Gasteiger partial charge in [-0.3, -0.25) is 19.3 Å². The van der Waals surface area contributed by atoms with Gasteiger partial charge in [0.1, 0.15) is 17.1 Å². The first-order valence-electron chi connectivity index (χ1n) is 10.9. The number of anilines is 2. The highest BCUT2D eigenvalue weighted by Crippen LogP contribution is 2.47. The second-order valence-corrected chi connectivity index (χ2v) is 9.17. The van der Waals surface area contributed by atoms with E-state index >= 15 is 0 Å². The number of fused-ring (bicyclic) bond motifs is 2. The van der Waals surface area contributed by atoms with Gasteiger partial charge >= 0.3 is 0 Å². The molecule has 12 heteroatoms. The molecule has 1 aliphatic heterocycles. The molecule has 0 saturated carbocycles. The highest BCUT2D eigenvalue weighted by atomic mass is 32.2. The van der Waals surface area contributed by atoms with Gasteiger partial charge in [-0.1, -0.05) is 13.8 Å². The van der Waals surface area contributed by atoms with Gasteiger partial charge < -0.3 is 15.0 Å². The SMILES string of the molecule is CCOc1ccc2c(c1)-c1nn(CCN(CC)CC)c3ccc([N+](=O)[O-])c(c13)N2.CS(=O)(=O)O. The van der Waals surface area contributed by atoms with E-state index in [1.807, 2.05) is 29.8 Å². The summed E-state index contributed by atoms with van der Waals surface area (Å²) in [7, 11) is -3.67. The molecule has 0 aliphatic carbocycles. The van der Waals surface area contributed by atoms with Crippen molar-refractivity contribution in [1.29, 1.82) is 0 Å². The largest absolute Gasteiger partial charge is 0.494 e. The first-order valence-corrected chi connectivity index (χ1v) is 12.8. The van der Waals surface area contributed by atoms with E-state index in [9.17, 15) is 18.5 Å². The number of benzene rings is 2. The lowest BCUT2D eigenvalue weighted by Gasteiger charge is -2.18. The fourth-order valence-corrected chi connectivity index (χ4v) is 3.89. The average molecular weight is 492 g/mol. The Hall–Kier alpha value is -3.22. The zero-order valence-corrected chi connectivity index (χ0v) is 20.4. The lowest BCUT2D eigenvalue weighted by atomic mass is 9.99. The van der Waals surface area contributed by atoms with Crippen LogP contribution in [0, 0.1) is 10.1 Å². The number of aromatic nitrogens is 2. The molecular weight excluding hydrogens is 462 g/mol. The van der Waals surface area contributed by atoms with Gasteiger partial charge in [-0.25, -0.2) is 0 Å². The summed E-state index contributed by atoms with van der Waals surface area (Å²) in [6, 6.07) is 9.06. The Morgan fingerprint density at radius 3 is 2.47 bits per heavy atom. The summed E-state index contributed by atoms with van der Waals surface area (Å²) >= 11 is 0. The molecule has 1 aliphatic rings. The summed E-state index contributed by atoms with van der Waals surface area (Å²) < 4.78 is 33.5. The molecule has 0 bridgehead atoms. The van der Waals surface area contributed by atoms with E-state index in [1.54, 1.807) is 12.1 Å². The molecule has 11 nitrogen and oxygen atoms in total. The molecule has 0 atom stereocenters. The molecule has 2 aromatic carbocycles. The number of likely N-dealkylation sites (N-methyl/N-ethyl adjacent to an activating group) is 1. The Morgan fingerprint density at radius 1 is 1.21 bits per heavy atom. The average Bonchev–Trinajstić information content (AvgIpc) is 3.14. The molecule has 1 aromatic heterocycles. The maximum absolute atomic E-state index is 11.6. The Bertz CT molecular complexity index is 1290. The predicted octanol–water partition coefficient (Wildman–Crippen LogP) is 3.91. The Kier molecular flexibility index (Phi) is 7.75. The Labute approximate surface area is 198 Å². The molecule has 0 fully saturated rings. The second kappa shape index (κ2) is 10.4. The summed E-state index contributed by atoms with van der Waals surface area (Å²) in [6.45, 7) is 10.3. The van der Waals surface area contributed by atoms with Crippen LogP contribution in [-0.2, 0) is 16.7 Å². The molecule has 0 amide bonds. The van der Waals surface area contributed by atoms with E-state index in [2.05, 4.69) is 24.1 Å². The molecule has 0 unspecified atom stereocenters. The highest BCUT2D eigenvalue weighted by molar-refractivity contribution is 7.85. The van der Waals surface area contributed by atoms with Crippen molar-refractivity contribution in [2.45, 2.75) is 27.3 Å². The molecule has 0 saturated heterocycles. The fraction of sp³-hybridized carbons (Fsp3) is 0.409. The van der Waals surface area contributed by atoms with Gasteiger partial charge in [0.15, 0.2) is 0 Å². The quantitative estimate of drug-likeness (QED) is 0.213. The molecule has 3 aromatic rings. The van der Waals surface area contributed by atoms with Gasteiger partial charge in [-0.2, -0.15) is 13.5 Å². The standard InChI is InChI=1S/C21H25N5O3.CH4O3S/c1-4-24(5-2)11-12-25-17-9-10-18(26(27)28)21-19(17)20(23-25)15-13-14(29-6-3)7-8-16(15)22-21;1-5(2,3)4/h7-10,13,22H,4-6,11-12H2,1-3H3;1H3,(H,2,3,4). The predicted molar refractivity (Wildman–Crippen MR) is 132 cm³/mol. The topological polar surface area (TPSA) is 140 Å². The number of nitro groups is 1. The van der Waals surface area contributed by atoms with Gasteiger partial charge in [0.2, 0.25) is 0 Å². The van der Waals surface area contributed by atoms with Crippen LogP contribution in [0.15, 0.2) is 30.3 Å². The number of nitrogens with one attached hydrogen (secondary N) is 1. The molecule has 0 radical (unpaired) electrons. The van der Waals surface area contributed by atoms with Crippen molar-refractivity contribution in [3.8, 4) is 17.0 Å². The van der Waals surface area contributed by atoms with Gasteiger partial charge in [0.05, 0.1) is 35.2 Å². The van der Waals surface area contributed by atoms with E-state index in [0.717, 1.165) is 59.8 Å². The zero-order chi connectivity index (χ0) is 25.0. The molecule has 34 heavy (non-hydrogen) atoms. The third-order valence-corrected chi connectivity index (χ3v) is 5.43. The number of hydrogen-bond donors (Lipinski definition) is 2. The molecule has 2 heterocycles. The van der Waals surface area contributed by atoms with Gasteiger partial charge in [0, 0.05) is 23.9 Å². The van der Waals surface area contributed by atoms with Crippen molar-refractivity contribution in [1.82, 2.24) is 14.7 Å². The third-order valence-electron chi connectivity index (χ3n) is 5.43. The minimum atomic E-state index is -3.67. The summed E-state index contributed by atoms with van der Waals surface area (Å²) in [4.78, 5) is 13.6. The fourth-order valence-electron chi connectivity index (χ4n) is 3.89. The molecule has 0 spiro atoms. The zero-order valence-electron chi connectivity index (χ0n) is 19.6. The molecule has 184 valence electrons. The maximum Gasteiger partial charge on any atom is 0.293 e. The number of ether oxygens (including phenoxy) is 1. The van der Waals surface area contributed by atoms with Crippen LogP contribution in [0.4, 0.5) is 17.1 Å². The first kappa shape index (κ1) is 25.4. The lowest BCUT2D eigenvalue weighted by Crippen LogP contribution is -2.27. The summed E-state index contributed by atoms with van der Waals surface area (Å²) in [6.07, 6.45) is 0.715. The van der Waals surface area contributed by atoms with Gasteiger partial charge in [-0.15, -0.1) is 0 Å². The van der Waals surface area contributed by atoms with Crippen LogP contribution in [-0.4, -0.2) is 65.1 Å². The molecule has 2 N–H and O–H groups in total.